The average molecular weight is 296 g/mol. The number of hydrogen-bond donors (Lipinski definition) is 0. The van der Waals surface area contributed by atoms with Crippen LogP contribution in [-0.2, 0) is 6.18 Å². The lowest BCUT2D eigenvalue weighted by atomic mass is 10.1. The van der Waals surface area contributed by atoms with Gasteiger partial charge in [-0.05, 0) is 25.0 Å². The fourth-order valence-corrected chi connectivity index (χ4v) is 2.70. The maximum Gasteiger partial charge on any atom is 0.417 e. The van der Waals surface area contributed by atoms with Crippen LogP contribution in [0.25, 0.3) is 0 Å². The predicted molar refractivity (Wildman–Crippen MR) is 70.6 cm³/mol. The molecule has 1 aromatic rings. The van der Waals surface area contributed by atoms with Crippen LogP contribution >= 0.6 is 0 Å². The molecule has 4 nitrogen and oxygen atoms in total. The summed E-state index contributed by atoms with van der Waals surface area (Å²) in [5.74, 6) is 0.499. The van der Waals surface area contributed by atoms with Crippen molar-refractivity contribution >= 4 is 5.82 Å². The Hall–Kier alpha value is -1.81. The van der Waals surface area contributed by atoms with E-state index < -0.39 is 11.7 Å². The Morgan fingerprint density at radius 3 is 2.52 bits per heavy atom. The smallest absolute Gasteiger partial charge is 0.353 e. The first-order valence-corrected chi connectivity index (χ1v) is 6.92. The average Bonchev–Trinajstić information content (AvgIpc) is 3.30. The van der Waals surface area contributed by atoms with Crippen LogP contribution in [0.2, 0.25) is 0 Å². The number of pyridine rings is 1. The minimum atomic E-state index is -4.37. The Kier molecular flexibility index (Phi) is 3.49. The molecular weight excluding hydrogens is 281 g/mol. The Balaban J connectivity index is 1.71. The number of anilines is 1. The van der Waals surface area contributed by atoms with Crippen molar-refractivity contribution in [2.45, 2.75) is 31.1 Å². The summed E-state index contributed by atoms with van der Waals surface area (Å²) in [7, 11) is 0. The lowest BCUT2D eigenvalue weighted by Gasteiger charge is -2.39. The summed E-state index contributed by atoms with van der Waals surface area (Å²) in [6.45, 7) is 1.93. The second-order valence-electron chi connectivity index (χ2n) is 5.46. The first-order chi connectivity index (χ1) is 9.99. The highest BCUT2D eigenvalue weighted by Crippen LogP contribution is 2.32. The molecule has 0 amide bonds. The summed E-state index contributed by atoms with van der Waals surface area (Å²) in [5.41, 5.74) is -0.750. The summed E-state index contributed by atoms with van der Waals surface area (Å²) in [6, 6.07) is 5.00. The highest BCUT2D eigenvalue weighted by atomic mass is 19.4. The van der Waals surface area contributed by atoms with Gasteiger partial charge in [-0.1, -0.05) is 0 Å². The number of aromatic nitrogens is 1. The molecule has 0 radical (unpaired) electrons. The van der Waals surface area contributed by atoms with Gasteiger partial charge in [-0.3, -0.25) is 4.90 Å². The van der Waals surface area contributed by atoms with E-state index in [9.17, 15) is 18.4 Å². The maximum absolute atomic E-state index is 12.5. The molecule has 7 heteroatoms. The van der Waals surface area contributed by atoms with E-state index in [1.807, 2.05) is 4.90 Å². The van der Waals surface area contributed by atoms with Gasteiger partial charge in [0.15, 0.2) is 0 Å². The first-order valence-electron chi connectivity index (χ1n) is 6.92. The topological polar surface area (TPSA) is 43.2 Å². The highest BCUT2D eigenvalue weighted by molar-refractivity contribution is 5.41. The number of piperazine rings is 1. The number of rotatable bonds is 2. The molecule has 1 saturated carbocycles. The lowest BCUT2D eigenvalue weighted by Crippen LogP contribution is -2.53. The van der Waals surface area contributed by atoms with Crippen LogP contribution in [0.15, 0.2) is 18.3 Å². The van der Waals surface area contributed by atoms with E-state index in [0.717, 1.165) is 31.6 Å². The molecule has 1 atom stereocenters. The number of nitriles is 1. The van der Waals surface area contributed by atoms with Crippen molar-refractivity contribution in [2.75, 3.05) is 24.5 Å². The molecule has 0 spiro atoms. The Bertz CT molecular complexity index is 545. The zero-order chi connectivity index (χ0) is 15.0. The number of nitrogens with zero attached hydrogens (tertiary/aromatic N) is 4. The van der Waals surface area contributed by atoms with Crippen LogP contribution in [-0.4, -0.2) is 41.6 Å². The standard InChI is InChI=1S/C14H15F3N4/c15-14(16,17)10-1-4-13(19-8-10)20-5-6-21(11-2-3-11)12(7-18)9-20/h1,4,8,11-12H,2-3,5-6,9H2. The molecule has 1 aliphatic carbocycles. The zero-order valence-electron chi connectivity index (χ0n) is 11.3. The minimum absolute atomic E-state index is 0.213. The number of hydrogen-bond acceptors (Lipinski definition) is 4. The summed E-state index contributed by atoms with van der Waals surface area (Å²) in [6.07, 6.45) is -1.25. The fourth-order valence-electron chi connectivity index (χ4n) is 2.70. The fraction of sp³-hybridized carbons (Fsp3) is 0.571. The predicted octanol–water partition coefficient (Wildman–Crippen LogP) is 2.28. The third-order valence-electron chi connectivity index (χ3n) is 3.99. The summed E-state index contributed by atoms with van der Waals surface area (Å²) < 4.78 is 37.6. The molecule has 2 fully saturated rings. The van der Waals surface area contributed by atoms with Gasteiger partial charge in [0.2, 0.25) is 0 Å². The van der Waals surface area contributed by atoms with Crippen LogP contribution < -0.4 is 4.90 Å². The molecule has 1 unspecified atom stereocenters. The Labute approximate surface area is 120 Å². The molecule has 1 aliphatic heterocycles. The van der Waals surface area contributed by atoms with Crippen LogP contribution in [0, 0.1) is 11.3 Å². The van der Waals surface area contributed by atoms with Crippen molar-refractivity contribution < 1.29 is 13.2 Å². The van der Waals surface area contributed by atoms with E-state index in [0.29, 0.717) is 24.9 Å². The van der Waals surface area contributed by atoms with Gasteiger partial charge in [0.1, 0.15) is 11.9 Å². The van der Waals surface area contributed by atoms with Crippen molar-refractivity contribution in [3.8, 4) is 6.07 Å². The van der Waals surface area contributed by atoms with Gasteiger partial charge in [-0.2, -0.15) is 18.4 Å². The van der Waals surface area contributed by atoms with Crippen molar-refractivity contribution in [3.63, 3.8) is 0 Å². The third-order valence-corrected chi connectivity index (χ3v) is 3.99. The molecule has 1 aromatic heterocycles. The second-order valence-corrected chi connectivity index (χ2v) is 5.46. The molecule has 21 heavy (non-hydrogen) atoms. The maximum atomic E-state index is 12.5. The van der Waals surface area contributed by atoms with Gasteiger partial charge in [0.05, 0.1) is 11.6 Å². The molecule has 2 heterocycles. The molecular formula is C14H15F3N4. The third kappa shape index (κ3) is 2.95. The molecule has 112 valence electrons. The molecule has 3 rings (SSSR count). The van der Waals surface area contributed by atoms with Crippen LogP contribution in [0.5, 0.6) is 0 Å². The zero-order valence-corrected chi connectivity index (χ0v) is 11.3. The molecule has 2 aliphatic rings. The minimum Gasteiger partial charge on any atom is -0.353 e. The highest BCUT2D eigenvalue weighted by Gasteiger charge is 2.38. The molecule has 0 N–H and O–H groups in total. The summed E-state index contributed by atoms with van der Waals surface area (Å²) >= 11 is 0. The molecule has 0 aromatic carbocycles. The summed E-state index contributed by atoms with van der Waals surface area (Å²) in [5, 5.41) is 9.27. The SMILES string of the molecule is N#CC1CN(c2ccc(C(F)(F)F)cn2)CCN1C1CC1. The van der Waals surface area contributed by atoms with Crippen molar-refractivity contribution in [1.82, 2.24) is 9.88 Å². The van der Waals surface area contributed by atoms with E-state index in [-0.39, 0.29) is 6.04 Å². The van der Waals surface area contributed by atoms with E-state index in [4.69, 9.17) is 0 Å². The van der Waals surface area contributed by atoms with Crippen LogP contribution in [0.4, 0.5) is 19.0 Å². The van der Waals surface area contributed by atoms with Crippen molar-refractivity contribution in [2.24, 2.45) is 0 Å². The van der Waals surface area contributed by atoms with E-state index in [1.54, 1.807) is 0 Å². The van der Waals surface area contributed by atoms with Gasteiger partial charge in [-0.15, -0.1) is 0 Å². The molecule has 1 saturated heterocycles. The lowest BCUT2D eigenvalue weighted by molar-refractivity contribution is -0.137. The van der Waals surface area contributed by atoms with Gasteiger partial charge in [0.25, 0.3) is 0 Å². The Morgan fingerprint density at radius 2 is 2.00 bits per heavy atom. The van der Waals surface area contributed by atoms with Crippen molar-refractivity contribution in [3.05, 3.63) is 23.9 Å². The van der Waals surface area contributed by atoms with E-state index >= 15 is 0 Å². The van der Waals surface area contributed by atoms with E-state index in [2.05, 4.69) is 16.0 Å². The van der Waals surface area contributed by atoms with Crippen molar-refractivity contribution in [1.29, 1.82) is 5.26 Å². The normalized spacial score (nSPS) is 23.9. The number of halogens is 3. The van der Waals surface area contributed by atoms with Gasteiger partial charge in [0, 0.05) is 31.9 Å². The first kappa shape index (κ1) is 14.1. The van der Waals surface area contributed by atoms with Crippen LogP contribution in [0.1, 0.15) is 18.4 Å². The largest absolute Gasteiger partial charge is 0.417 e. The van der Waals surface area contributed by atoms with Gasteiger partial charge < -0.3 is 4.90 Å². The second kappa shape index (κ2) is 5.19. The Morgan fingerprint density at radius 1 is 1.24 bits per heavy atom. The van der Waals surface area contributed by atoms with Crippen LogP contribution in [0.3, 0.4) is 0 Å². The molecule has 0 bridgehead atoms. The van der Waals surface area contributed by atoms with E-state index in [1.165, 1.54) is 6.07 Å². The monoisotopic (exact) mass is 296 g/mol. The number of alkyl halides is 3. The van der Waals surface area contributed by atoms with Gasteiger partial charge >= 0.3 is 6.18 Å². The summed E-state index contributed by atoms with van der Waals surface area (Å²) in [4.78, 5) is 7.98. The van der Waals surface area contributed by atoms with Gasteiger partial charge in [-0.25, -0.2) is 4.98 Å². The quantitative estimate of drug-likeness (QED) is 0.840.